The van der Waals surface area contributed by atoms with Crippen LogP contribution in [0.25, 0.3) is 6.08 Å². The van der Waals surface area contributed by atoms with Crippen molar-refractivity contribution in [3.63, 3.8) is 0 Å². The lowest BCUT2D eigenvalue weighted by atomic mass is 10.1. The van der Waals surface area contributed by atoms with Crippen molar-refractivity contribution in [2.45, 2.75) is 0 Å². The minimum absolute atomic E-state index is 0.0766. The predicted molar refractivity (Wildman–Crippen MR) is 112 cm³/mol. The normalized spacial score (nSPS) is 17.0. The van der Waals surface area contributed by atoms with Crippen molar-refractivity contribution in [1.82, 2.24) is 5.32 Å². The van der Waals surface area contributed by atoms with E-state index in [9.17, 15) is 9.59 Å². The largest absolute Gasteiger partial charge is 0.496 e. The molecule has 148 valence electrons. The molecule has 2 aromatic carbocycles. The molecule has 2 aliphatic rings. The van der Waals surface area contributed by atoms with Crippen LogP contribution in [0.2, 0.25) is 10.0 Å². The fourth-order valence-electron chi connectivity index (χ4n) is 2.93. The first-order valence-electron chi connectivity index (χ1n) is 8.24. The lowest BCUT2D eigenvalue weighted by molar-refractivity contribution is -0.122. The van der Waals surface area contributed by atoms with Gasteiger partial charge >= 0.3 is 0 Å². The number of fused-ring (bicyclic) bond motifs is 1. The molecule has 0 saturated carbocycles. The van der Waals surface area contributed by atoms with Crippen LogP contribution in [0, 0.1) is 0 Å². The summed E-state index contributed by atoms with van der Waals surface area (Å²) in [6, 6.07) is 8.03. The summed E-state index contributed by atoms with van der Waals surface area (Å²) >= 11 is 17.5. The molecule has 0 spiro atoms. The Hall–Kier alpha value is -2.81. The van der Waals surface area contributed by atoms with Gasteiger partial charge < -0.3 is 14.2 Å². The number of halogens is 2. The van der Waals surface area contributed by atoms with Gasteiger partial charge in [0, 0.05) is 11.6 Å². The molecule has 1 saturated heterocycles. The first kappa shape index (κ1) is 19.5. The highest BCUT2D eigenvalue weighted by atomic mass is 35.5. The zero-order chi connectivity index (χ0) is 20.7. The summed E-state index contributed by atoms with van der Waals surface area (Å²) in [6.45, 7) is 0.0766. The standard InChI is InChI=1S/C19H12Cl2N2O5S/c1-26-13-7-15-14(27-8-28-15)6-9(13)5-10-17(24)22-19(29)23(18(10)25)12-4-2-3-11(20)16(12)21/h2-7H,8H2,1H3,(H,22,24,29)/b10-5-. The van der Waals surface area contributed by atoms with Crippen LogP contribution in [-0.4, -0.2) is 30.8 Å². The van der Waals surface area contributed by atoms with E-state index in [0.717, 1.165) is 4.90 Å². The number of hydrogen-bond donors (Lipinski definition) is 1. The number of thiocarbonyl (C=S) groups is 1. The first-order valence-corrected chi connectivity index (χ1v) is 9.40. The van der Waals surface area contributed by atoms with Crippen molar-refractivity contribution in [3.05, 3.63) is 51.5 Å². The molecule has 10 heteroatoms. The number of carbonyl (C=O) groups is 2. The number of nitrogens with zero attached hydrogens (tertiary/aromatic N) is 1. The summed E-state index contributed by atoms with van der Waals surface area (Å²) in [4.78, 5) is 26.8. The van der Waals surface area contributed by atoms with Crippen LogP contribution >= 0.6 is 35.4 Å². The van der Waals surface area contributed by atoms with Crippen molar-refractivity contribution >= 4 is 64.1 Å². The fraction of sp³-hybridized carbons (Fsp3) is 0.105. The van der Waals surface area contributed by atoms with Gasteiger partial charge in [-0.1, -0.05) is 29.3 Å². The molecule has 1 fully saturated rings. The van der Waals surface area contributed by atoms with Crippen LogP contribution in [0.4, 0.5) is 5.69 Å². The van der Waals surface area contributed by atoms with Gasteiger partial charge in [-0.3, -0.25) is 19.8 Å². The van der Waals surface area contributed by atoms with Gasteiger partial charge in [-0.05, 0) is 36.5 Å². The van der Waals surface area contributed by atoms with E-state index in [0.29, 0.717) is 22.8 Å². The smallest absolute Gasteiger partial charge is 0.270 e. The Balaban J connectivity index is 1.80. The lowest BCUT2D eigenvalue weighted by Gasteiger charge is -2.29. The van der Waals surface area contributed by atoms with Crippen molar-refractivity contribution in [3.8, 4) is 17.2 Å². The summed E-state index contributed by atoms with van der Waals surface area (Å²) in [5.74, 6) is 0.100. The maximum Gasteiger partial charge on any atom is 0.270 e. The Morgan fingerprint density at radius 2 is 1.93 bits per heavy atom. The molecule has 0 aliphatic carbocycles. The van der Waals surface area contributed by atoms with Crippen LogP contribution in [0.3, 0.4) is 0 Å². The van der Waals surface area contributed by atoms with Crippen LogP contribution in [-0.2, 0) is 9.59 Å². The number of benzene rings is 2. The average Bonchev–Trinajstić information content (AvgIpc) is 3.14. The Morgan fingerprint density at radius 1 is 1.21 bits per heavy atom. The quantitative estimate of drug-likeness (QED) is 0.437. The van der Waals surface area contributed by atoms with E-state index in [4.69, 9.17) is 49.6 Å². The zero-order valence-corrected chi connectivity index (χ0v) is 17.2. The maximum atomic E-state index is 13.2. The van der Waals surface area contributed by atoms with E-state index in [1.54, 1.807) is 30.3 Å². The van der Waals surface area contributed by atoms with Gasteiger partial charge in [-0.2, -0.15) is 0 Å². The van der Waals surface area contributed by atoms with Crippen LogP contribution < -0.4 is 24.4 Å². The van der Waals surface area contributed by atoms with Crippen LogP contribution in [0.15, 0.2) is 35.9 Å². The van der Waals surface area contributed by atoms with E-state index < -0.39 is 11.8 Å². The SMILES string of the molecule is COc1cc2c(cc1/C=C1/C(=O)NC(=S)N(c3cccc(Cl)c3Cl)C1=O)OCO2. The van der Waals surface area contributed by atoms with E-state index in [1.807, 2.05) is 0 Å². The average molecular weight is 451 g/mol. The van der Waals surface area contributed by atoms with Gasteiger partial charge in [-0.25, -0.2) is 0 Å². The van der Waals surface area contributed by atoms with Gasteiger partial charge in [-0.15, -0.1) is 0 Å². The molecule has 1 N–H and O–H groups in total. The Bertz CT molecular complexity index is 1100. The topological polar surface area (TPSA) is 77.1 Å². The van der Waals surface area contributed by atoms with Crippen molar-refractivity contribution in [2.75, 3.05) is 18.8 Å². The highest BCUT2D eigenvalue weighted by Gasteiger charge is 2.36. The number of amides is 2. The summed E-state index contributed by atoms with van der Waals surface area (Å²) in [5.41, 5.74) is 0.560. The van der Waals surface area contributed by atoms with Crippen molar-refractivity contribution < 1.29 is 23.8 Å². The molecule has 7 nitrogen and oxygen atoms in total. The molecule has 2 amide bonds. The molecule has 0 aromatic heterocycles. The maximum absolute atomic E-state index is 13.2. The third-order valence-electron chi connectivity index (χ3n) is 4.30. The molecule has 0 radical (unpaired) electrons. The lowest BCUT2D eigenvalue weighted by Crippen LogP contribution is -2.54. The third-order valence-corrected chi connectivity index (χ3v) is 5.39. The number of methoxy groups -OCH3 is 1. The fourth-order valence-corrected chi connectivity index (χ4v) is 3.58. The van der Waals surface area contributed by atoms with Gasteiger partial charge in [0.15, 0.2) is 16.6 Å². The van der Waals surface area contributed by atoms with E-state index >= 15 is 0 Å². The van der Waals surface area contributed by atoms with E-state index in [2.05, 4.69) is 5.32 Å². The molecule has 0 bridgehead atoms. The minimum Gasteiger partial charge on any atom is -0.496 e. The Morgan fingerprint density at radius 3 is 2.66 bits per heavy atom. The van der Waals surface area contributed by atoms with Crippen LogP contribution in [0.1, 0.15) is 5.56 Å². The van der Waals surface area contributed by atoms with Gasteiger partial charge in [0.25, 0.3) is 11.8 Å². The first-order chi connectivity index (χ1) is 13.9. The Kier molecular flexibility index (Phi) is 5.08. The van der Waals surface area contributed by atoms with E-state index in [1.165, 1.54) is 13.2 Å². The summed E-state index contributed by atoms with van der Waals surface area (Å²) in [5, 5.41) is 2.79. The monoisotopic (exact) mass is 450 g/mol. The molecule has 29 heavy (non-hydrogen) atoms. The summed E-state index contributed by atoms with van der Waals surface area (Å²) in [6.07, 6.45) is 1.39. The second kappa shape index (κ2) is 7.55. The predicted octanol–water partition coefficient (Wildman–Crippen LogP) is 3.56. The van der Waals surface area contributed by atoms with Crippen molar-refractivity contribution in [2.24, 2.45) is 0 Å². The molecule has 2 heterocycles. The number of nitrogens with one attached hydrogen (secondary N) is 1. The second-order valence-corrected chi connectivity index (χ2v) is 7.15. The summed E-state index contributed by atoms with van der Waals surface area (Å²) in [7, 11) is 1.47. The third kappa shape index (κ3) is 3.39. The molecule has 0 unspecified atom stereocenters. The molecule has 4 rings (SSSR count). The van der Waals surface area contributed by atoms with E-state index in [-0.39, 0.29) is 33.2 Å². The second-order valence-electron chi connectivity index (χ2n) is 5.98. The molecular weight excluding hydrogens is 439 g/mol. The molecule has 0 atom stereocenters. The highest BCUT2D eigenvalue weighted by Crippen LogP contribution is 2.39. The highest BCUT2D eigenvalue weighted by molar-refractivity contribution is 7.80. The number of anilines is 1. The molecule has 2 aromatic rings. The molecule has 2 aliphatic heterocycles. The number of carbonyl (C=O) groups excluding carboxylic acids is 2. The van der Waals surface area contributed by atoms with Crippen LogP contribution in [0.5, 0.6) is 17.2 Å². The minimum atomic E-state index is -0.650. The zero-order valence-electron chi connectivity index (χ0n) is 14.8. The van der Waals surface area contributed by atoms with Crippen molar-refractivity contribution in [1.29, 1.82) is 0 Å². The van der Waals surface area contributed by atoms with Gasteiger partial charge in [0.1, 0.15) is 11.3 Å². The number of hydrogen-bond acceptors (Lipinski definition) is 6. The van der Waals surface area contributed by atoms with Gasteiger partial charge in [0.05, 0.1) is 22.8 Å². The number of ether oxygens (including phenoxy) is 3. The van der Waals surface area contributed by atoms with Gasteiger partial charge in [0.2, 0.25) is 6.79 Å². The molecular formula is C19H12Cl2N2O5S. The number of rotatable bonds is 3. The summed E-state index contributed by atoms with van der Waals surface area (Å²) < 4.78 is 16.0. The Labute approximate surface area is 180 Å².